The Kier molecular flexibility index (Phi) is 2.75. The lowest BCUT2D eigenvalue weighted by Gasteiger charge is -2.11. The maximum Gasteiger partial charge on any atom is 0.200 e. The average molecular weight is 270 g/mol. The van der Waals surface area contributed by atoms with Gasteiger partial charge in [0.2, 0.25) is 5.75 Å². The number of imidazole rings is 1. The molecule has 0 radical (unpaired) electrons. The Morgan fingerprint density at radius 2 is 1.90 bits per heavy atom. The molecule has 1 aromatic heterocycles. The van der Waals surface area contributed by atoms with Gasteiger partial charge in [0, 0.05) is 11.1 Å². The highest BCUT2D eigenvalue weighted by Crippen LogP contribution is 2.42. The Hall–Kier alpha value is -2.69. The molecule has 0 aliphatic heterocycles. The van der Waals surface area contributed by atoms with Crippen LogP contribution in [0.1, 0.15) is 5.56 Å². The lowest BCUT2D eigenvalue weighted by Crippen LogP contribution is -1.91. The van der Waals surface area contributed by atoms with Crippen molar-refractivity contribution in [1.82, 2.24) is 9.97 Å². The van der Waals surface area contributed by atoms with Crippen LogP contribution in [-0.2, 0) is 0 Å². The van der Waals surface area contributed by atoms with Crippen LogP contribution in [0.3, 0.4) is 0 Å². The molecule has 1 heterocycles. The van der Waals surface area contributed by atoms with Crippen LogP contribution in [0.25, 0.3) is 22.4 Å². The Balaban J connectivity index is 2.25. The largest absolute Gasteiger partial charge is 0.504 e. The molecule has 0 fully saturated rings. The number of ether oxygens (including phenoxy) is 1. The molecule has 0 atom stereocenters. The van der Waals surface area contributed by atoms with Crippen LogP contribution in [-0.4, -0.2) is 27.3 Å². The fourth-order valence-corrected chi connectivity index (χ4v) is 2.21. The summed E-state index contributed by atoms with van der Waals surface area (Å²) < 4.78 is 5.07. The van der Waals surface area contributed by atoms with Gasteiger partial charge in [-0.05, 0) is 25.1 Å². The maximum absolute atomic E-state index is 9.96. The number of para-hydroxylation sites is 2. The van der Waals surface area contributed by atoms with Crippen molar-refractivity contribution in [3.05, 3.63) is 35.9 Å². The predicted octanol–water partition coefficient (Wildman–Crippen LogP) is 2.96. The zero-order valence-electron chi connectivity index (χ0n) is 11.1. The van der Waals surface area contributed by atoms with Crippen molar-refractivity contribution in [3.8, 4) is 28.6 Å². The molecule has 2 aromatic carbocycles. The van der Waals surface area contributed by atoms with E-state index in [0.717, 1.165) is 11.0 Å². The second kappa shape index (κ2) is 4.45. The van der Waals surface area contributed by atoms with Gasteiger partial charge in [-0.15, -0.1) is 0 Å². The number of nitrogens with one attached hydrogen (secondary N) is 1. The minimum absolute atomic E-state index is 0.195. The normalized spacial score (nSPS) is 10.9. The molecule has 0 spiro atoms. The highest BCUT2D eigenvalue weighted by molar-refractivity contribution is 5.81. The zero-order valence-corrected chi connectivity index (χ0v) is 11.1. The molecule has 3 rings (SSSR count). The SMILES string of the molecule is COc1cc(-c2nc3ccccc3[nH]2)c(C)c(O)c1O. The molecule has 0 unspecified atom stereocenters. The second-order valence-electron chi connectivity index (χ2n) is 4.55. The van der Waals surface area contributed by atoms with Crippen LogP contribution in [0.4, 0.5) is 0 Å². The Labute approximate surface area is 115 Å². The molecule has 0 amide bonds. The summed E-state index contributed by atoms with van der Waals surface area (Å²) in [6.07, 6.45) is 0. The van der Waals surface area contributed by atoms with Crippen molar-refractivity contribution >= 4 is 11.0 Å². The molecule has 0 aliphatic rings. The highest BCUT2D eigenvalue weighted by Gasteiger charge is 2.17. The third-order valence-electron chi connectivity index (χ3n) is 3.36. The predicted molar refractivity (Wildman–Crippen MR) is 76.1 cm³/mol. The number of aromatic nitrogens is 2. The van der Waals surface area contributed by atoms with Crippen molar-refractivity contribution in [1.29, 1.82) is 0 Å². The maximum atomic E-state index is 9.96. The van der Waals surface area contributed by atoms with E-state index < -0.39 is 0 Å². The van der Waals surface area contributed by atoms with E-state index in [9.17, 15) is 10.2 Å². The van der Waals surface area contributed by atoms with E-state index in [4.69, 9.17) is 4.74 Å². The zero-order chi connectivity index (χ0) is 14.3. The fraction of sp³-hybridized carbons (Fsp3) is 0.133. The summed E-state index contributed by atoms with van der Waals surface area (Å²) in [4.78, 5) is 7.68. The number of H-pyrrole nitrogens is 1. The first kappa shape index (κ1) is 12.3. The standard InChI is InChI=1S/C15H14N2O3/c1-8-9(7-12(20-2)14(19)13(8)18)15-16-10-5-3-4-6-11(10)17-15/h3-7,18-19H,1-2H3,(H,16,17). The van der Waals surface area contributed by atoms with Crippen molar-refractivity contribution < 1.29 is 14.9 Å². The first-order valence-corrected chi connectivity index (χ1v) is 6.16. The number of hydrogen-bond donors (Lipinski definition) is 3. The molecule has 5 heteroatoms. The molecule has 20 heavy (non-hydrogen) atoms. The molecule has 3 N–H and O–H groups in total. The Bertz CT molecular complexity index is 760. The summed E-state index contributed by atoms with van der Waals surface area (Å²) in [6, 6.07) is 9.32. The van der Waals surface area contributed by atoms with Gasteiger partial charge in [-0.25, -0.2) is 4.98 Å². The van der Waals surface area contributed by atoms with E-state index in [1.165, 1.54) is 7.11 Å². The van der Waals surface area contributed by atoms with Gasteiger partial charge < -0.3 is 19.9 Å². The summed E-state index contributed by atoms with van der Waals surface area (Å²) >= 11 is 0. The van der Waals surface area contributed by atoms with Gasteiger partial charge in [0.25, 0.3) is 0 Å². The minimum atomic E-state index is -0.259. The van der Waals surface area contributed by atoms with Gasteiger partial charge in [0.15, 0.2) is 11.5 Å². The number of hydrogen-bond acceptors (Lipinski definition) is 4. The van der Waals surface area contributed by atoms with Crippen LogP contribution in [0.5, 0.6) is 17.2 Å². The third-order valence-corrected chi connectivity index (χ3v) is 3.36. The van der Waals surface area contributed by atoms with Gasteiger partial charge >= 0.3 is 0 Å². The monoisotopic (exact) mass is 270 g/mol. The number of fused-ring (bicyclic) bond motifs is 1. The number of aromatic hydroxyl groups is 2. The van der Waals surface area contributed by atoms with Crippen molar-refractivity contribution in [2.75, 3.05) is 7.11 Å². The van der Waals surface area contributed by atoms with Crippen LogP contribution < -0.4 is 4.74 Å². The molecule has 0 bridgehead atoms. The summed E-state index contributed by atoms with van der Waals surface area (Å²) in [5.74, 6) is 0.380. The third kappa shape index (κ3) is 1.75. The van der Waals surface area contributed by atoms with Crippen LogP contribution in [0.15, 0.2) is 30.3 Å². The number of phenolic OH excluding ortho intramolecular Hbond substituents is 2. The Morgan fingerprint density at radius 3 is 2.60 bits per heavy atom. The molecule has 5 nitrogen and oxygen atoms in total. The number of benzene rings is 2. The number of methoxy groups -OCH3 is 1. The molecular formula is C15H14N2O3. The number of aromatic amines is 1. The van der Waals surface area contributed by atoms with Gasteiger partial charge in [-0.3, -0.25) is 0 Å². The van der Waals surface area contributed by atoms with Crippen LogP contribution in [0.2, 0.25) is 0 Å². The van der Waals surface area contributed by atoms with Gasteiger partial charge in [0.05, 0.1) is 18.1 Å². The quantitative estimate of drug-likeness (QED) is 0.625. The molecule has 102 valence electrons. The fourth-order valence-electron chi connectivity index (χ4n) is 2.21. The summed E-state index contributed by atoms with van der Waals surface area (Å²) in [7, 11) is 1.44. The van der Waals surface area contributed by atoms with Crippen LogP contribution in [0, 0.1) is 6.92 Å². The van der Waals surface area contributed by atoms with Crippen LogP contribution >= 0.6 is 0 Å². The van der Waals surface area contributed by atoms with E-state index in [2.05, 4.69) is 9.97 Å². The number of nitrogens with zero attached hydrogens (tertiary/aromatic N) is 1. The van der Waals surface area contributed by atoms with E-state index in [-0.39, 0.29) is 17.2 Å². The summed E-state index contributed by atoms with van der Waals surface area (Å²) in [5.41, 5.74) is 2.98. The van der Waals surface area contributed by atoms with Gasteiger partial charge in [-0.1, -0.05) is 12.1 Å². The van der Waals surface area contributed by atoms with Crippen molar-refractivity contribution in [2.45, 2.75) is 6.92 Å². The number of phenols is 2. The second-order valence-corrected chi connectivity index (χ2v) is 4.55. The smallest absolute Gasteiger partial charge is 0.200 e. The first-order valence-electron chi connectivity index (χ1n) is 6.16. The first-order chi connectivity index (χ1) is 9.61. The van der Waals surface area contributed by atoms with Gasteiger partial charge in [-0.2, -0.15) is 0 Å². The topological polar surface area (TPSA) is 78.4 Å². The number of rotatable bonds is 2. The molecule has 0 saturated carbocycles. The highest BCUT2D eigenvalue weighted by atomic mass is 16.5. The van der Waals surface area contributed by atoms with E-state index in [1.54, 1.807) is 13.0 Å². The summed E-state index contributed by atoms with van der Waals surface area (Å²) in [6.45, 7) is 1.72. The molecule has 0 aliphatic carbocycles. The van der Waals surface area contributed by atoms with Gasteiger partial charge in [0.1, 0.15) is 5.82 Å². The lowest BCUT2D eigenvalue weighted by molar-refractivity contribution is 0.350. The molecule has 3 aromatic rings. The van der Waals surface area contributed by atoms with E-state index in [0.29, 0.717) is 17.0 Å². The summed E-state index contributed by atoms with van der Waals surface area (Å²) in [5, 5.41) is 19.7. The minimum Gasteiger partial charge on any atom is -0.504 e. The average Bonchev–Trinajstić information content (AvgIpc) is 2.89. The van der Waals surface area contributed by atoms with Crippen molar-refractivity contribution in [3.63, 3.8) is 0 Å². The molecule has 0 saturated heterocycles. The van der Waals surface area contributed by atoms with Crippen molar-refractivity contribution in [2.24, 2.45) is 0 Å². The van der Waals surface area contributed by atoms with E-state index >= 15 is 0 Å². The lowest BCUT2D eigenvalue weighted by atomic mass is 10.1. The Morgan fingerprint density at radius 1 is 1.15 bits per heavy atom. The van der Waals surface area contributed by atoms with E-state index in [1.807, 2.05) is 24.3 Å². The molecular weight excluding hydrogens is 256 g/mol.